The van der Waals surface area contributed by atoms with Gasteiger partial charge in [0, 0.05) is 18.4 Å². The lowest BCUT2D eigenvalue weighted by atomic mass is 10.1. The zero-order chi connectivity index (χ0) is 13.2. The summed E-state index contributed by atoms with van der Waals surface area (Å²) in [5.41, 5.74) is 1.54. The van der Waals surface area contributed by atoms with Crippen LogP contribution in [0, 0.1) is 5.92 Å². The maximum absolute atomic E-state index is 12.0. The largest absolute Gasteiger partial charge is 0.355 e. The van der Waals surface area contributed by atoms with Crippen molar-refractivity contribution in [1.82, 2.24) is 10.3 Å². The van der Waals surface area contributed by atoms with E-state index in [0.717, 1.165) is 10.9 Å². The molecule has 2 N–H and O–H groups in total. The van der Waals surface area contributed by atoms with E-state index in [9.17, 15) is 9.59 Å². The van der Waals surface area contributed by atoms with E-state index in [4.69, 9.17) is 0 Å². The van der Waals surface area contributed by atoms with Gasteiger partial charge in [-0.25, -0.2) is 0 Å². The quantitative estimate of drug-likeness (QED) is 0.850. The van der Waals surface area contributed by atoms with E-state index < -0.39 is 0 Å². The Labute approximate surface area is 110 Å². The monoisotopic (exact) mass is 255 g/mol. The number of nitrogens with one attached hydrogen (secondary N) is 2. The highest BCUT2D eigenvalue weighted by Crippen LogP contribution is 2.18. The molecule has 1 unspecified atom stereocenters. The first-order valence-electron chi connectivity index (χ1n) is 6.15. The van der Waals surface area contributed by atoms with Crippen molar-refractivity contribution in [2.75, 3.05) is 11.9 Å². The van der Waals surface area contributed by atoms with Crippen LogP contribution in [-0.4, -0.2) is 23.3 Å². The minimum atomic E-state index is -0.293. The molecule has 5 heteroatoms. The fourth-order valence-corrected chi connectivity index (χ4v) is 2.17. The van der Waals surface area contributed by atoms with Gasteiger partial charge in [-0.1, -0.05) is 18.2 Å². The Bertz CT molecular complexity index is 654. The second-order valence-electron chi connectivity index (χ2n) is 4.61. The summed E-state index contributed by atoms with van der Waals surface area (Å²) in [5.74, 6) is -0.508. The van der Waals surface area contributed by atoms with Gasteiger partial charge in [-0.05, 0) is 12.1 Å². The van der Waals surface area contributed by atoms with Gasteiger partial charge in [0.2, 0.25) is 11.8 Å². The predicted octanol–water partition coefficient (Wildman–Crippen LogP) is 1.31. The number of pyridine rings is 1. The third-order valence-corrected chi connectivity index (χ3v) is 3.21. The topological polar surface area (TPSA) is 71.1 Å². The number of benzene rings is 1. The molecule has 3 rings (SSSR count). The Balaban J connectivity index is 1.77. The van der Waals surface area contributed by atoms with E-state index in [1.54, 1.807) is 6.20 Å². The molecule has 5 nitrogen and oxygen atoms in total. The van der Waals surface area contributed by atoms with E-state index in [2.05, 4.69) is 15.6 Å². The van der Waals surface area contributed by atoms with Crippen molar-refractivity contribution in [1.29, 1.82) is 0 Å². The first-order valence-corrected chi connectivity index (χ1v) is 6.15. The fraction of sp³-hybridized carbons (Fsp3) is 0.214. The number of aromatic nitrogens is 1. The molecular formula is C14H13N3O2. The van der Waals surface area contributed by atoms with Crippen LogP contribution in [0.2, 0.25) is 0 Å². The molecule has 1 saturated heterocycles. The lowest BCUT2D eigenvalue weighted by Crippen LogP contribution is -2.24. The molecule has 0 bridgehead atoms. The molecule has 0 spiro atoms. The maximum atomic E-state index is 12.0. The van der Waals surface area contributed by atoms with Crippen molar-refractivity contribution in [3.8, 4) is 0 Å². The predicted molar refractivity (Wildman–Crippen MR) is 71.5 cm³/mol. The van der Waals surface area contributed by atoms with E-state index in [0.29, 0.717) is 12.2 Å². The zero-order valence-electron chi connectivity index (χ0n) is 10.2. The van der Waals surface area contributed by atoms with E-state index in [-0.39, 0.29) is 24.2 Å². The van der Waals surface area contributed by atoms with Gasteiger partial charge in [-0.3, -0.25) is 14.6 Å². The Morgan fingerprint density at radius 1 is 1.37 bits per heavy atom. The highest BCUT2D eigenvalue weighted by molar-refractivity contribution is 5.98. The van der Waals surface area contributed by atoms with Crippen LogP contribution in [0.3, 0.4) is 0 Å². The fourth-order valence-electron chi connectivity index (χ4n) is 2.17. The Hall–Kier alpha value is -2.43. The van der Waals surface area contributed by atoms with E-state index in [1.165, 1.54) is 0 Å². The minimum Gasteiger partial charge on any atom is -0.355 e. The van der Waals surface area contributed by atoms with E-state index in [1.807, 2.05) is 30.3 Å². The lowest BCUT2D eigenvalue weighted by molar-refractivity contribution is -0.123. The molecule has 19 heavy (non-hydrogen) atoms. The molecule has 96 valence electrons. The van der Waals surface area contributed by atoms with Gasteiger partial charge in [-0.15, -0.1) is 0 Å². The van der Waals surface area contributed by atoms with Crippen molar-refractivity contribution in [2.45, 2.75) is 6.42 Å². The number of rotatable bonds is 2. The summed E-state index contributed by atoms with van der Waals surface area (Å²) in [6.45, 7) is 0.408. The van der Waals surface area contributed by atoms with Gasteiger partial charge in [0.25, 0.3) is 0 Å². The van der Waals surface area contributed by atoms with Crippen molar-refractivity contribution in [3.05, 3.63) is 36.5 Å². The molecule has 1 aliphatic rings. The third kappa shape index (κ3) is 2.40. The third-order valence-electron chi connectivity index (χ3n) is 3.21. The normalized spacial score (nSPS) is 18.3. The number of carbonyl (C=O) groups is 2. The van der Waals surface area contributed by atoms with Crippen LogP contribution in [0.4, 0.5) is 5.69 Å². The molecular weight excluding hydrogens is 242 g/mol. The highest BCUT2D eigenvalue weighted by Gasteiger charge is 2.27. The van der Waals surface area contributed by atoms with Gasteiger partial charge in [-0.2, -0.15) is 0 Å². The van der Waals surface area contributed by atoms with Crippen LogP contribution in [0.1, 0.15) is 6.42 Å². The molecule has 2 amide bonds. The van der Waals surface area contributed by atoms with Crippen LogP contribution in [-0.2, 0) is 9.59 Å². The molecule has 1 aliphatic heterocycles. The van der Waals surface area contributed by atoms with Crippen molar-refractivity contribution < 1.29 is 9.59 Å². The van der Waals surface area contributed by atoms with Crippen molar-refractivity contribution in [3.63, 3.8) is 0 Å². The zero-order valence-corrected chi connectivity index (χ0v) is 10.2. The van der Waals surface area contributed by atoms with Gasteiger partial charge >= 0.3 is 0 Å². The smallest absolute Gasteiger partial charge is 0.229 e. The number of hydrogen-bond acceptors (Lipinski definition) is 3. The average Bonchev–Trinajstić information content (AvgIpc) is 2.85. The summed E-state index contributed by atoms with van der Waals surface area (Å²) in [6, 6.07) is 9.59. The Morgan fingerprint density at radius 2 is 2.21 bits per heavy atom. The summed E-state index contributed by atoms with van der Waals surface area (Å²) >= 11 is 0. The molecule has 1 aromatic carbocycles. The molecule has 2 aromatic rings. The highest BCUT2D eigenvalue weighted by atomic mass is 16.2. The number of fused-ring (bicyclic) bond motifs is 1. The molecule has 1 aromatic heterocycles. The van der Waals surface area contributed by atoms with Crippen LogP contribution in [0.5, 0.6) is 0 Å². The first kappa shape index (κ1) is 11.6. The van der Waals surface area contributed by atoms with Gasteiger partial charge in [0.05, 0.1) is 23.3 Å². The van der Waals surface area contributed by atoms with Crippen LogP contribution >= 0.6 is 0 Å². The number of para-hydroxylation sites is 1. The van der Waals surface area contributed by atoms with Gasteiger partial charge in [0.1, 0.15) is 0 Å². The summed E-state index contributed by atoms with van der Waals surface area (Å²) in [4.78, 5) is 27.3. The Morgan fingerprint density at radius 3 is 3.00 bits per heavy atom. The number of hydrogen-bond donors (Lipinski definition) is 2. The maximum Gasteiger partial charge on any atom is 0.229 e. The average molecular weight is 255 g/mol. The minimum absolute atomic E-state index is 0.0724. The molecule has 0 aliphatic carbocycles. The summed E-state index contributed by atoms with van der Waals surface area (Å²) in [5, 5.41) is 6.43. The van der Waals surface area contributed by atoms with Crippen molar-refractivity contribution in [2.24, 2.45) is 5.92 Å². The molecule has 1 fully saturated rings. The van der Waals surface area contributed by atoms with E-state index >= 15 is 0 Å². The number of anilines is 1. The molecule has 1 atom stereocenters. The Kier molecular flexibility index (Phi) is 2.87. The van der Waals surface area contributed by atoms with Crippen molar-refractivity contribution >= 4 is 28.4 Å². The molecule has 0 saturated carbocycles. The van der Waals surface area contributed by atoms with Crippen LogP contribution in [0.25, 0.3) is 10.9 Å². The van der Waals surface area contributed by atoms with Crippen LogP contribution in [0.15, 0.2) is 36.5 Å². The van der Waals surface area contributed by atoms with Crippen LogP contribution < -0.4 is 10.6 Å². The molecule has 2 heterocycles. The van der Waals surface area contributed by atoms with Gasteiger partial charge in [0.15, 0.2) is 0 Å². The lowest BCUT2D eigenvalue weighted by Gasteiger charge is -2.09. The number of carbonyl (C=O) groups excluding carboxylic acids is 2. The standard InChI is InChI=1S/C14H13N3O2/c18-13-6-10(7-16-13)14(19)17-11-5-9-3-1-2-4-12(9)15-8-11/h1-5,8,10H,6-7H2,(H,16,18)(H,17,19). The summed E-state index contributed by atoms with van der Waals surface area (Å²) < 4.78 is 0. The first-order chi connectivity index (χ1) is 9.22. The second-order valence-corrected chi connectivity index (χ2v) is 4.61. The summed E-state index contributed by atoms with van der Waals surface area (Å²) in [6.07, 6.45) is 1.89. The number of nitrogens with zero attached hydrogens (tertiary/aromatic N) is 1. The summed E-state index contributed by atoms with van der Waals surface area (Å²) in [7, 11) is 0. The number of amides is 2. The van der Waals surface area contributed by atoms with Gasteiger partial charge < -0.3 is 10.6 Å². The second kappa shape index (κ2) is 4.68. The SMILES string of the molecule is O=C1CC(C(=O)Nc2cnc3ccccc3c2)CN1. The molecule has 0 radical (unpaired) electrons.